The Morgan fingerprint density at radius 2 is 1.74 bits per heavy atom. The zero-order valence-electron chi connectivity index (χ0n) is 14.3. The van der Waals surface area contributed by atoms with Gasteiger partial charge in [-0.15, -0.1) is 0 Å². The molecule has 0 aromatic rings. The Balaban J connectivity index is 4.72. The molecule has 0 unspecified atom stereocenters. The van der Waals surface area contributed by atoms with E-state index in [1.165, 1.54) is 7.85 Å². The first-order valence-electron chi connectivity index (χ1n) is 7.82. The van der Waals surface area contributed by atoms with Gasteiger partial charge in [0.05, 0.1) is 6.04 Å². The molecule has 0 aliphatic heterocycles. The second kappa shape index (κ2) is 10.6. The fourth-order valence-corrected chi connectivity index (χ4v) is 2.09. The molecule has 0 aromatic heterocycles. The molecule has 23 heavy (non-hydrogen) atoms. The summed E-state index contributed by atoms with van der Waals surface area (Å²) in [6.07, 6.45) is 1.19. The lowest BCUT2D eigenvalue weighted by molar-refractivity contribution is -0.129. The molecule has 5 N–H and O–H groups in total. The van der Waals surface area contributed by atoms with Gasteiger partial charge in [0.1, 0.15) is 6.04 Å². The molecular formula is C14H27BN4O4. The van der Waals surface area contributed by atoms with Crippen molar-refractivity contribution >= 4 is 31.4 Å². The number of nitrogens with one attached hydrogen (secondary N) is 3. The predicted octanol–water partition coefficient (Wildman–Crippen LogP) is -0.734. The highest BCUT2D eigenvalue weighted by molar-refractivity contribution is 6.57. The highest BCUT2D eigenvalue weighted by Crippen LogP contribution is 2.06. The van der Waals surface area contributed by atoms with Crippen molar-refractivity contribution < 1.29 is 19.2 Å². The van der Waals surface area contributed by atoms with Crippen LogP contribution in [0.5, 0.6) is 0 Å². The van der Waals surface area contributed by atoms with Crippen LogP contribution in [0.1, 0.15) is 40.0 Å². The molecule has 2 atom stereocenters. The summed E-state index contributed by atoms with van der Waals surface area (Å²) in [5.74, 6) is -0.886. The first-order valence-corrected chi connectivity index (χ1v) is 7.82. The number of hydrogen-bond acceptors (Lipinski definition) is 4. The van der Waals surface area contributed by atoms with E-state index in [0.29, 0.717) is 25.8 Å². The quantitative estimate of drug-likeness (QED) is 0.311. The number of amides is 4. The standard InChI is InChI=1S/C14H27BN4O4/c1-4-10(20)9(6-5-7-17-14(16)23)18-12(21)11(8(2)3)19-13(15)22/h8-9,11H,4-7,15H2,1-3H3,(H,18,21)(H,19,22)(H3,16,17,23)/t9-,11-/m0/s1. The fraction of sp³-hybridized carbons (Fsp3) is 0.714. The SMILES string of the molecule is BC(=O)N[C@H](C(=O)N[C@@H](CCCNC(N)=O)C(=O)CC)C(C)C. The molecule has 0 saturated heterocycles. The molecule has 0 spiro atoms. The van der Waals surface area contributed by atoms with E-state index < -0.39 is 18.1 Å². The van der Waals surface area contributed by atoms with Crippen molar-refractivity contribution in [1.29, 1.82) is 0 Å². The molecule has 0 bridgehead atoms. The summed E-state index contributed by atoms with van der Waals surface area (Å²) in [5, 5.41) is 7.72. The van der Waals surface area contributed by atoms with Crippen LogP contribution in [-0.2, 0) is 9.59 Å². The summed E-state index contributed by atoms with van der Waals surface area (Å²) >= 11 is 0. The minimum Gasteiger partial charge on any atom is -0.353 e. The van der Waals surface area contributed by atoms with E-state index in [0.717, 1.165) is 0 Å². The van der Waals surface area contributed by atoms with Gasteiger partial charge in [0.2, 0.25) is 13.8 Å². The molecular weight excluding hydrogens is 299 g/mol. The zero-order chi connectivity index (χ0) is 18.0. The maximum atomic E-state index is 12.3. The van der Waals surface area contributed by atoms with Gasteiger partial charge >= 0.3 is 6.03 Å². The number of nitrogens with two attached hydrogens (primary N) is 1. The van der Waals surface area contributed by atoms with E-state index in [-0.39, 0.29) is 23.4 Å². The molecule has 4 amide bonds. The van der Waals surface area contributed by atoms with Crippen molar-refractivity contribution in [1.82, 2.24) is 16.0 Å². The monoisotopic (exact) mass is 326 g/mol. The van der Waals surface area contributed by atoms with Crippen LogP contribution >= 0.6 is 0 Å². The van der Waals surface area contributed by atoms with Gasteiger partial charge in [-0.3, -0.25) is 14.4 Å². The number of rotatable bonds is 10. The molecule has 0 aromatic carbocycles. The predicted molar refractivity (Wildman–Crippen MR) is 89.8 cm³/mol. The normalized spacial score (nSPS) is 13.0. The van der Waals surface area contributed by atoms with Crippen molar-refractivity contribution in [2.75, 3.05) is 6.54 Å². The minimum absolute atomic E-state index is 0.0947. The molecule has 0 aliphatic carbocycles. The average Bonchev–Trinajstić information content (AvgIpc) is 2.46. The van der Waals surface area contributed by atoms with Gasteiger partial charge < -0.3 is 21.7 Å². The molecule has 8 nitrogen and oxygen atoms in total. The Morgan fingerprint density at radius 1 is 1.13 bits per heavy atom. The summed E-state index contributed by atoms with van der Waals surface area (Å²) in [4.78, 5) is 46.1. The van der Waals surface area contributed by atoms with Gasteiger partial charge in [-0.05, 0) is 18.8 Å². The topological polar surface area (TPSA) is 130 Å². The van der Waals surface area contributed by atoms with Crippen LogP contribution in [0, 0.1) is 5.92 Å². The molecule has 0 saturated carbocycles. The molecule has 0 fully saturated rings. The Morgan fingerprint density at radius 3 is 2.17 bits per heavy atom. The summed E-state index contributed by atoms with van der Waals surface area (Å²) in [5.41, 5.74) is 4.97. The molecule has 9 heteroatoms. The largest absolute Gasteiger partial charge is 0.353 e. The Bertz CT molecular complexity index is 442. The van der Waals surface area contributed by atoms with Gasteiger partial charge in [-0.1, -0.05) is 20.8 Å². The number of Topliss-reactive ketones (excluding diaryl/α,β-unsaturated/α-hetero) is 1. The Kier molecular flexibility index (Phi) is 9.68. The molecule has 0 rings (SSSR count). The van der Waals surface area contributed by atoms with Crippen LogP contribution < -0.4 is 21.7 Å². The van der Waals surface area contributed by atoms with E-state index in [4.69, 9.17) is 5.73 Å². The lowest BCUT2D eigenvalue weighted by Crippen LogP contribution is -2.53. The number of primary amides is 1. The smallest absolute Gasteiger partial charge is 0.312 e. The average molecular weight is 326 g/mol. The van der Waals surface area contributed by atoms with Crippen LogP contribution in [0.25, 0.3) is 0 Å². The zero-order valence-corrected chi connectivity index (χ0v) is 14.3. The summed E-state index contributed by atoms with van der Waals surface area (Å²) in [7, 11) is 1.34. The lowest BCUT2D eigenvalue weighted by atomic mass is 9.99. The van der Waals surface area contributed by atoms with Crippen molar-refractivity contribution in [2.45, 2.75) is 52.1 Å². The van der Waals surface area contributed by atoms with Crippen molar-refractivity contribution in [3.05, 3.63) is 0 Å². The third kappa shape index (κ3) is 8.85. The summed E-state index contributed by atoms with van der Waals surface area (Å²) in [6.45, 7) is 5.68. The first kappa shape index (κ1) is 20.9. The molecule has 0 aliphatic rings. The van der Waals surface area contributed by atoms with E-state index in [2.05, 4.69) is 16.0 Å². The maximum Gasteiger partial charge on any atom is 0.312 e. The van der Waals surface area contributed by atoms with E-state index >= 15 is 0 Å². The van der Waals surface area contributed by atoms with Gasteiger partial charge in [0.25, 0.3) is 0 Å². The summed E-state index contributed by atoms with van der Waals surface area (Å²) in [6, 6.07) is -1.96. The van der Waals surface area contributed by atoms with E-state index in [1.807, 2.05) is 13.8 Å². The van der Waals surface area contributed by atoms with Gasteiger partial charge in [-0.2, -0.15) is 0 Å². The molecule has 0 radical (unpaired) electrons. The Hall–Kier alpha value is -2.06. The minimum atomic E-state index is -0.691. The van der Waals surface area contributed by atoms with Crippen LogP contribution in [0.3, 0.4) is 0 Å². The molecule has 0 heterocycles. The second-order valence-corrected chi connectivity index (χ2v) is 5.74. The highest BCUT2D eigenvalue weighted by Gasteiger charge is 2.27. The fourth-order valence-electron chi connectivity index (χ4n) is 2.09. The van der Waals surface area contributed by atoms with Crippen LogP contribution in [0.2, 0.25) is 0 Å². The van der Waals surface area contributed by atoms with E-state index in [9.17, 15) is 19.2 Å². The van der Waals surface area contributed by atoms with E-state index in [1.54, 1.807) is 6.92 Å². The van der Waals surface area contributed by atoms with Crippen LogP contribution in [-0.4, -0.2) is 50.0 Å². The highest BCUT2D eigenvalue weighted by atomic mass is 16.2. The second-order valence-electron chi connectivity index (χ2n) is 5.74. The lowest BCUT2D eigenvalue weighted by Gasteiger charge is -2.24. The molecule has 130 valence electrons. The third-order valence-corrected chi connectivity index (χ3v) is 3.33. The van der Waals surface area contributed by atoms with Gasteiger partial charge in [-0.25, -0.2) is 4.79 Å². The van der Waals surface area contributed by atoms with Crippen molar-refractivity contribution in [3.63, 3.8) is 0 Å². The number of urea groups is 1. The van der Waals surface area contributed by atoms with Gasteiger partial charge in [0, 0.05) is 13.0 Å². The first-order chi connectivity index (χ1) is 10.7. The maximum absolute atomic E-state index is 12.3. The van der Waals surface area contributed by atoms with Crippen molar-refractivity contribution in [2.24, 2.45) is 11.7 Å². The number of carbonyl (C=O) groups excluding carboxylic acids is 4. The van der Waals surface area contributed by atoms with Crippen molar-refractivity contribution in [3.8, 4) is 0 Å². The summed E-state index contributed by atoms with van der Waals surface area (Å²) < 4.78 is 0. The van der Waals surface area contributed by atoms with Gasteiger partial charge in [0.15, 0.2) is 11.6 Å². The Labute approximate surface area is 137 Å². The third-order valence-electron chi connectivity index (χ3n) is 3.33. The van der Waals surface area contributed by atoms with Crippen LogP contribution in [0.15, 0.2) is 0 Å². The number of hydrogen-bond donors (Lipinski definition) is 4. The number of carbonyl (C=O) groups is 4. The van der Waals surface area contributed by atoms with Crippen LogP contribution in [0.4, 0.5) is 9.59 Å². The number of ketones is 1.